The Morgan fingerprint density at radius 2 is 1.92 bits per heavy atom. The second-order valence-electron chi connectivity index (χ2n) is 6.39. The first-order valence-electron chi connectivity index (χ1n) is 7.66. The van der Waals surface area contributed by atoms with Crippen molar-refractivity contribution in [3.63, 3.8) is 0 Å². The molecule has 0 aliphatic rings. The van der Waals surface area contributed by atoms with Gasteiger partial charge in [-0.05, 0) is 32.4 Å². The summed E-state index contributed by atoms with van der Waals surface area (Å²) in [5, 5.41) is 7.87. The second kappa shape index (κ2) is 6.31. The van der Waals surface area contributed by atoms with E-state index in [1.807, 2.05) is 51.1 Å². The van der Waals surface area contributed by atoms with E-state index in [1.165, 1.54) is 6.33 Å². The Morgan fingerprint density at radius 3 is 2.62 bits per heavy atom. The zero-order chi connectivity index (χ0) is 17.2. The summed E-state index contributed by atoms with van der Waals surface area (Å²) in [6.45, 7) is 5.80. The number of esters is 1. The predicted molar refractivity (Wildman–Crippen MR) is 88.9 cm³/mol. The molecule has 124 valence electrons. The first kappa shape index (κ1) is 16.0. The van der Waals surface area contributed by atoms with Crippen LogP contribution in [-0.4, -0.2) is 26.2 Å². The molecule has 0 saturated carbocycles. The molecule has 6 nitrogen and oxygen atoms in total. The smallest absolute Gasteiger partial charge is 0.346 e. The second-order valence-corrected chi connectivity index (χ2v) is 6.39. The fourth-order valence-corrected chi connectivity index (χ4v) is 2.25. The number of fused-ring (bicyclic) bond motifs is 1. The molecule has 0 atom stereocenters. The van der Waals surface area contributed by atoms with Crippen LogP contribution in [-0.2, 0) is 11.3 Å². The van der Waals surface area contributed by atoms with Gasteiger partial charge < -0.3 is 9.47 Å². The minimum absolute atomic E-state index is 0.279. The number of hydrogen-bond acceptors (Lipinski definition) is 5. The van der Waals surface area contributed by atoms with Crippen LogP contribution in [0.2, 0.25) is 0 Å². The molecule has 6 heteroatoms. The molecule has 1 aromatic carbocycles. The van der Waals surface area contributed by atoms with Crippen molar-refractivity contribution in [2.45, 2.75) is 33.0 Å². The Bertz CT molecular complexity index is 851. The molecule has 0 fully saturated rings. The van der Waals surface area contributed by atoms with Crippen molar-refractivity contribution in [3.05, 3.63) is 60.0 Å². The highest BCUT2D eigenvalue weighted by Gasteiger charge is 2.25. The Labute approximate surface area is 140 Å². The van der Waals surface area contributed by atoms with Gasteiger partial charge in [-0.2, -0.15) is 0 Å². The minimum atomic E-state index is -0.610. The Hall–Kier alpha value is -2.89. The van der Waals surface area contributed by atoms with Crippen molar-refractivity contribution in [3.8, 4) is 5.75 Å². The third-order valence-corrected chi connectivity index (χ3v) is 3.27. The van der Waals surface area contributed by atoms with Crippen LogP contribution in [0.15, 0.2) is 48.9 Å². The van der Waals surface area contributed by atoms with Gasteiger partial charge in [-0.3, -0.25) is 4.40 Å². The summed E-state index contributed by atoms with van der Waals surface area (Å²) in [6.07, 6.45) is 3.29. The molecular formula is C18H19N3O3. The van der Waals surface area contributed by atoms with Crippen LogP contribution in [0.1, 0.15) is 36.7 Å². The van der Waals surface area contributed by atoms with E-state index in [-0.39, 0.29) is 5.56 Å². The van der Waals surface area contributed by atoms with E-state index < -0.39 is 11.6 Å². The lowest BCUT2D eigenvalue weighted by molar-refractivity contribution is 0.00671. The molecule has 3 aromatic rings. The van der Waals surface area contributed by atoms with E-state index in [2.05, 4.69) is 10.2 Å². The predicted octanol–water partition coefficient (Wildman–Crippen LogP) is 3.26. The van der Waals surface area contributed by atoms with Gasteiger partial charge in [-0.1, -0.05) is 30.3 Å². The Balaban J connectivity index is 1.94. The molecule has 0 aliphatic carbocycles. The van der Waals surface area contributed by atoms with E-state index in [0.29, 0.717) is 18.0 Å². The van der Waals surface area contributed by atoms with Crippen molar-refractivity contribution in [2.24, 2.45) is 0 Å². The summed E-state index contributed by atoms with van der Waals surface area (Å²) in [7, 11) is 0. The number of pyridine rings is 1. The molecular weight excluding hydrogens is 306 g/mol. The largest absolute Gasteiger partial charge is 0.488 e. The first-order chi connectivity index (χ1) is 11.4. The van der Waals surface area contributed by atoms with Gasteiger partial charge in [0.2, 0.25) is 0 Å². The monoisotopic (exact) mass is 325 g/mol. The Morgan fingerprint density at radius 1 is 1.17 bits per heavy atom. The van der Waals surface area contributed by atoms with Crippen molar-refractivity contribution < 1.29 is 14.3 Å². The number of rotatable bonds is 4. The van der Waals surface area contributed by atoms with Gasteiger partial charge in [0.25, 0.3) is 0 Å². The van der Waals surface area contributed by atoms with Crippen LogP contribution in [0.4, 0.5) is 0 Å². The lowest BCUT2D eigenvalue weighted by Gasteiger charge is -2.20. The zero-order valence-electron chi connectivity index (χ0n) is 13.9. The van der Waals surface area contributed by atoms with Gasteiger partial charge >= 0.3 is 5.97 Å². The van der Waals surface area contributed by atoms with Crippen LogP contribution < -0.4 is 4.74 Å². The molecule has 2 aromatic heterocycles. The summed E-state index contributed by atoms with van der Waals surface area (Å²) < 4.78 is 13.0. The number of nitrogens with zero attached hydrogens (tertiary/aromatic N) is 3. The van der Waals surface area contributed by atoms with Crippen molar-refractivity contribution in [1.29, 1.82) is 0 Å². The maximum absolute atomic E-state index is 12.6. The highest BCUT2D eigenvalue weighted by Crippen LogP contribution is 2.26. The third kappa shape index (κ3) is 3.53. The number of carbonyl (C=O) groups excluding carboxylic acids is 1. The van der Waals surface area contributed by atoms with E-state index in [1.54, 1.807) is 16.7 Å². The van der Waals surface area contributed by atoms with Gasteiger partial charge in [0.05, 0.1) is 0 Å². The van der Waals surface area contributed by atoms with Crippen molar-refractivity contribution in [2.75, 3.05) is 0 Å². The average molecular weight is 325 g/mol. The molecule has 0 radical (unpaired) electrons. The van der Waals surface area contributed by atoms with Crippen LogP contribution >= 0.6 is 0 Å². The lowest BCUT2D eigenvalue weighted by atomic mass is 10.1. The molecule has 24 heavy (non-hydrogen) atoms. The van der Waals surface area contributed by atoms with Crippen LogP contribution in [0.5, 0.6) is 5.75 Å². The van der Waals surface area contributed by atoms with Gasteiger partial charge in [0.1, 0.15) is 29.8 Å². The van der Waals surface area contributed by atoms with Crippen LogP contribution in [0.25, 0.3) is 5.65 Å². The number of aromatic nitrogens is 3. The maximum atomic E-state index is 12.6. The van der Waals surface area contributed by atoms with E-state index in [4.69, 9.17) is 9.47 Å². The van der Waals surface area contributed by atoms with Gasteiger partial charge in [0, 0.05) is 6.20 Å². The standard InChI is InChI=1S/C18H19N3O3/c1-18(2,3)24-17(22)15-14(9-10-21-12-19-20-16(15)21)23-11-13-7-5-4-6-8-13/h4-10,12H,11H2,1-3H3. The fourth-order valence-electron chi connectivity index (χ4n) is 2.25. The van der Waals surface area contributed by atoms with Gasteiger partial charge in [-0.15, -0.1) is 10.2 Å². The first-order valence-corrected chi connectivity index (χ1v) is 7.66. The van der Waals surface area contributed by atoms with Crippen molar-refractivity contribution in [1.82, 2.24) is 14.6 Å². The van der Waals surface area contributed by atoms with Crippen LogP contribution in [0.3, 0.4) is 0 Å². The molecule has 3 rings (SSSR count). The van der Waals surface area contributed by atoms with Gasteiger partial charge in [-0.25, -0.2) is 4.79 Å². The quantitative estimate of drug-likeness (QED) is 0.689. The maximum Gasteiger partial charge on any atom is 0.346 e. The summed E-state index contributed by atoms with van der Waals surface area (Å²) >= 11 is 0. The fraction of sp³-hybridized carbons (Fsp3) is 0.278. The number of carbonyl (C=O) groups is 1. The van der Waals surface area contributed by atoms with Crippen LogP contribution in [0, 0.1) is 0 Å². The number of benzene rings is 1. The lowest BCUT2D eigenvalue weighted by Crippen LogP contribution is -2.24. The molecule has 0 amide bonds. The third-order valence-electron chi connectivity index (χ3n) is 3.27. The SMILES string of the molecule is CC(C)(C)OC(=O)c1c(OCc2ccccc2)ccn2cnnc12. The molecule has 0 unspecified atom stereocenters. The summed E-state index contributed by atoms with van der Waals surface area (Å²) in [5.74, 6) is -0.0576. The molecule has 0 spiro atoms. The normalized spacial score (nSPS) is 11.5. The van der Waals surface area contributed by atoms with E-state index in [9.17, 15) is 4.79 Å². The minimum Gasteiger partial charge on any atom is -0.488 e. The molecule has 0 N–H and O–H groups in total. The van der Waals surface area contributed by atoms with E-state index >= 15 is 0 Å². The highest BCUT2D eigenvalue weighted by molar-refractivity contribution is 5.99. The topological polar surface area (TPSA) is 65.7 Å². The summed E-state index contributed by atoms with van der Waals surface area (Å²) in [4.78, 5) is 12.6. The summed E-state index contributed by atoms with van der Waals surface area (Å²) in [6, 6.07) is 11.5. The summed E-state index contributed by atoms with van der Waals surface area (Å²) in [5.41, 5.74) is 1.09. The zero-order valence-corrected chi connectivity index (χ0v) is 13.9. The van der Waals surface area contributed by atoms with Gasteiger partial charge in [0.15, 0.2) is 5.65 Å². The number of hydrogen-bond donors (Lipinski definition) is 0. The highest BCUT2D eigenvalue weighted by atomic mass is 16.6. The number of ether oxygens (including phenoxy) is 2. The molecule has 0 bridgehead atoms. The Kier molecular flexibility index (Phi) is 4.20. The van der Waals surface area contributed by atoms with E-state index in [0.717, 1.165) is 5.56 Å². The molecule has 0 aliphatic heterocycles. The van der Waals surface area contributed by atoms with Crippen molar-refractivity contribution >= 4 is 11.6 Å². The average Bonchev–Trinajstić information content (AvgIpc) is 3.00. The molecule has 2 heterocycles. The molecule has 0 saturated heterocycles.